The van der Waals surface area contributed by atoms with Gasteiger partial charge in [-0.1, -0.05) is 22.8 Å². The number of amides is 1. The molecule has 0 aliphatic carbocycles. The lowest BCUT2D eigenvalue weighted by atomic mass is 10.0. The summed E-state index contributed by atoms with van der Waals surface area (Å²) >= 11 is 7.56. The Morgan fingerprint density at radius 2 is 1.90 bits per heavy atom. The first-order chi connectivity index (χ1) is 14.7. The Balaban J connectivity index is 1.08. The number of anilines is 1. The lowest BCUT2D eigenvalue weighted by molar-refractivity contribution is -0.134. The molecule has 0 radical (unpaired) electrons. The van der Waals surface area contributed by atoms with Gasteiger partial charge in [0, 0.05) is 50.0 Å². The Bertz CT molecular complexity index is 993. The largest absolute Gasteiger partial charge is 0.368 e. The maximum atomic E-state index is 12.7. The maximum Gasteiger partial charge on any atom is 0.236 e. The first kappa shape index (κ1) is 19.5. The highest BCUT2D eigenvalue weighted by molar-refractivity contribution is 7.13. The minimum atomic E-state index is 0.189. The Morgan fingerprint density at radius 1 is 1.13 bits per heavy atom. The van der Waals surface area contributed by atoms with E-state index < -0.39 is 0 Å². The summed E-state index contributed by atoms with van der Waals surface area (Å²) in [5.41, 5.74) is 1.15. The van der Waals surface area contributed by atoms with Crippen molar-refractivity contribution in [3.8, 4) is 10.7 Å². The van der Waals surface area contributed by atoms with Gasteiger partial charge in [-0.15, -0.1) is 11.3 Å². The van der Waals surface area contributed by atoms with Crippen LogP contribution in [-0.2, 0) is 4.79 Å². The number of halogens is 1. The lowest BCUT2D eigenvalue weighted by Crippen LogP contribution is -2.54. The number of likely N-dealkylation sites (tertiary alicyclic amines) is 1. The molecule has 0 spiro atoms. The van der Waals surface area contributed by atoms with E-state index in [-0.39, 0.29) is 11.8 Å². The van der Waals surface area contributed by atoms with E-state index in [1.165, 1.54) is 0 Å². The molecule has 5 rings (SSSR count). The van der Waals surface area contributed by atoms with E-state index in [2.05, 4.69) is 19.9 Å². The van der Waals surface area contributed by atoms with Gasteiger partial charge in [-0.25, -0.2) is 0 Å². The van der Waals surface area contributed by atoms with Crippen molar-refractivity contribution in [2.75, 3.05) is 50.7 Å². The Kier molecular flexibility index (Phi) is 5.45. The van der Waals surface area contributed by atoms with Gasteiger partial charge in [-0.2, -0.15) is 4.98 Å². The van der Waals surface area contributed by atoms with Crippen molar-refractivity contribution in [2.24, 2.45) is 0 Å². The van der Waals surface area contributed by atoms with Crippen LogP contribution in [0, 0.1) is 0 Å². The highest BCUT2D eigenvalue weighted by Crippen LogP contribution is 2.29. The molecule has 0 saturated carbocycles. The van der Waals surface area contributed by atoms with Gasteiger partial charge in [-0.3, -0.25) is 9.69 Å². The zero-order chi connectivity index (χ0) is 20.5. The third-order valence-corrected chi connectivity index (χ3v) is 6.79. The van der Waals surface area contributed by atoms with Gasteiger partial charge in [0.15, 0.2) is 0 Å². The van der Waals surface area contributed by atoms with E-state index in [0.29, 0.717) is 18.3 Å². The van der Waals surface area contributed by atoms with Crippen molar-refractivity contribution in [3.05, 3.63) is 52.7 Å². The summed E-state index contributed by atoms with van der Waals surface area (Å²) in [5, 5.41) is 6.81. The molecule has 0 unspecified atom stereocenters. The van der Waals surface area contributed by atoms with Gasteiger partial charge in [-0.05, 0) is 35.7 Å². The molecule has 2 aromatic heterocycles. The van der Waals surface area contributed by atoms with Crippen LogP contribution in [0.1, 0.15) is 11.8 Å². The van der Waals surface area contributed by atoms with Crippen LogP contribution in [0.2, 0.25) is 5.02 Å². The molecule has 2 saturated heterocycles. The summed E-state index contributed by atoms with van der Waals surface area (Å²) < 4.78 is 5.43. The van der Waals surface area contributed by atoms with Crippen LogP contribution in [0.4, 0.5) is 5.69 Å². The molecular formula is C21H22ClN5O2S. The molecule has 1 amide bonds. The van der Waals surface area contributed by atoms with Gasteiger partial charge < -0.3 is 14.3 Å². The average Bonchev–Trinajstić information content (AvgIpc) is 3.43. The van der Waals surface area contributed by atoms with Crippen molar-refractivity contribution in [1.29, 1.82) is 0 Å². The SMILES string of the molecule is O=C(CN1CC(c2nc(-c3cccs3)no2)C1)N1CCN(c2ccc(Cl)cc2)CC1. The molecule has 2 aliphatic heterocycles. The Hall–Kier alpha value is -2.42. The third-order valence-electron chi connectivity index (χ3n) is 5.67. The molecule has 0 atom stereocenters. The minimum absolute atomic E-state index is 0.189. The predicted molar refractivity (Wildman–Crippen MR) is 117 cm³/mol. The zero-order valence-electron chi connectivity index (χ0n) is 16.4. The Labute approximate surface area is 183 Å². The second kappa shape index (κ2) is 8.37. The molecule has 9 heteroatoms. The first-order valence-electron chi connectivity index (χ1n) is 10.0. The average molecular weight is 444 g/mol. The van der Waals surface area contributed by atoms with Crippen molar-refractivity contribution < 1.29 is 9.32 Å². The second-order valence-corrected chi connectivity index (χ2v) is 9.05. The normalized spacial score (nSPS) is 17.9. The fraction of sp³-hybridized carbons (Fsp3) is 0.381. The standard InChI is InChI=1S/C21H22ClN5O2S/c22-16-3-5-17(6-4-16)26-7-9-27(10-8-26)19(28)14-25-12-15(13-25)21-23-20(24-29-21)18-2-1-11-30-18/h1-6,11,15H,7-10,12-14H2. The van der Waals surface area contributed by atoms with Gasteiger partial charge in [0.05, 0.1) is 17.3 Å². The van der Waals surface area contributed by atoms with E-state index in [4.69, 9.17) is 16.1 Å². The molecule has 4 heterocycles. The van der Waals surface area contributed by atoms with Crippen molar-refractivity contribution in [1.82, 2.24) is 19.9 Å². The van der Waals surface area contributed by atoms with Crippen molar-refractivity contribution in [3.63, 3.8) is 0 Å². The Morgan fingerprint density at radius 3 is 2.60 bits per heavy atom. The quantitative estimate of drug-likeness (QED) is 0.603. The number of hydrogen-bond acceptors (Lipinski definition) is 7. The van der Waals surface area contributed by atoms with E-state index >= 15 is 0 Å². The predicted octanol–water partition coefficient (Wildman–Crippen LogP) is 3.20. The first-order valence-corrected chi connectivity index (χ1v) is 11.3. The molecule has 2 fully saturated rings. The van der Waals surface area contributed by atoms with Crippen LogP contribution < -0.4 is 4.90 Å². The number of thiophene rings is 1. The van der Waals surface area contributed by atoms with Gasteiger partial charge in [0.25, 0.3) is 0 Å². The molecule has 1 aromatic carbocycles. The van der Waals surface area contributed by atoms with E-state index in [9.17, 15) is 4.79 Å². The second-order valence-electron chi connectivity index (χ2n) is 7.67. The monoisotopic (exact) mass is 443 g/mol. The molecule has 0 N–H and O–H groups in total. The van der Waals surface area contributed by atoms with E-state index in [0.717, 1.165) is 54.9 Å². The van der Waals surface area contributed by atoms with Gasteiger partial charge in [0.1, 0.15) is 0 Å². The number of hydrogen-bond donors (Lipinski definition) is 0. The minimum Gasteiger partial charge on any atom is -0.368 e. The van der Waals surface area contributed by atoms with Crippen molar-refractivity contribution in [2.45, 2.75) is 5.92 Å². The fourth-order valence-electron chi connectivity index (χ4n) is 3.92. The topological polar surface area (TPSA) is 65.7 Å². The number of nitrogens with zero attached hydrogens (tertiary/aromatic N) is 5. The summed E-state index contributed by atoms with van der Waals surface area (Å²) in [7, 11) is 0. The molecule has 30 heavy (non-hydrogen) atoms. The molecule has 3 aromatic rings. The van der Waals surface area contributed by atoms with Crippen LogP contribution in [0.5, 0.6) is 0 Å². The lowest BCUT2D eigenvalue weighted by Gasteiger charge is -2.40. The van der Waals surface area contributed by atoms with Crippen LogP contribution in [0.15, 0.2) is 46.3 Å². The number of rotatable bonds is 5. The molecular weight excluding hydrogens is 422 g/mol. The number of benzene rings is 1. The molecule has 0 bridgehead atoms. The summed E-state index contributed by atoms with van der Waals surface area (Å²) in [5.74, 6) is 1.71. The van der Waals surface area contributed by atoms with Gasteiger partial charge in [0.2, 0.25) is 17.6 Å². The number of carbonyl (C=O) groups excluding carboxylic acids is 1. The van der Waals surface area contributed by atoms with Crippen LogP contribution in [-0.4, -0.2) is 71.7 Å². The highest BCUT2D eigenvalue weighted by Gasteiger charge is 2.35. The van der Waals surface area contributed by atoms with Crippen molar-refractivity contribution >= 4 is 34.5 Å². The zero-order valence-corrected chi connectivity index (χ0v) is 18.0. The smallest absolute Gasteiger partial charge is 0.236 e. The summed E-state index contributed by atoms with van der Waals surface area (Å²) in [4.78, 5) is 24.6. The van der Waals surface area contributed by atoms with E-state index in [1.807, 2.05) is 46.7 Å². The summed E-state index contributed by atoms with van der Waals surface area (Å²) in [6, 6.07) is 11.8. The maximum absolute atomic E-state index is 12.7. The molecule has 2 aliphatic rings. The molecule has 7 nitrogen and oxygen atoms in total. The fourth-order valence-corrected chi connectivity index (χ4v) is 4.69. The number of piperazine rings is 1. The summed E-state index contributed by atoms with van der Waals surface area (Å²) in [6.07, 6.45) is 0. The van der Waals surface area contributed by atoms with Crippen LogP contribution >= 0.6 is 22.9 Å². The number of aromatic nitrogens is 2. The van der Waals surface area contributed by atoms with Gasteiger partial charge >= 0.3 is 0 Å². The molecule has 156 valence electrons. The number of carbonyl (C=O) groups is 1. The highest BCUT2D eigenvalue weighted by atomic mass is 35.5. The van der Waals surface area contributed by atoms with Crippen LogP contribution in [0.3, 0.4) is 0 Å². The summed E-state index contributed by atoms with van der Waals surface area (Å²) in [6.45, 7) is 5.17. The third kappa shape index (κ3) is 4.08. The van der Waals surface area contributed by atoms with Crippen LogP contribution in [0.25, 0.3) is 10.7 Å². The van der Waals surface area contributed by atoms with E-state index in [1.54, 1.807) is 11.3 Å².